The highest BCUT2D eigenvalue weighted by atomic mass is 32.2. The van der Waals surface area contributed by atoms with Crippen molar-refractivity contribution in [1.29, 1.82) is 0 Å². The molecule has 0 radical (unpaired) electrons. The molecule has 1 aliphatic rings. The molecule has 0 aromatic heterocycles. The van der Waals surface area contributed by atoms with E-state index >= 15 is 0 Å². The number of amides is 2. The SMILES string of the molecule is C[C@@]1(NC(=O)N(CCO)CCO)CCS(=O)(=O)C1. The molecule has 1 fully saturated rings. The van der Waals surface area contributed by atoms with Crippen molar-refractivity contribution in [3.63, 3.8) is 0 Å². The van der Waals surface area contributed by atoms with E-state index in [-0.39, 0.29) is 37.8 Å². The summed E-state index contributed by atoms with van der Waals surface area (Å²) in [5.74, 6) is 0.00160. The molecule has 3 N–H and O–H groups in total. The van der Waals surface area contributed by atoms with Crippen LogP contribution in [0, 0.1) is 0 Å². The first-order chi connectivity index (χ1) is 8.32. The summed E-state index contributed by atoms with van der Waals surface area (Å²) in [5, 5.41) is 20.3. The normalized spacial score (nSPS) is 25.9. The van der Waals surface area contributed by atoms with E-state index < -0.39 is 21.4 Å². The number of nitrogens with one attached hydrogen (secondary N) is 1. The van der Waals surface area contributed by atoms with Crippen LogP contribution in [0.15, 0.2) is 0 Å². The highest BCUT2D eigenvalue weighted by Crippen LogP contribution is 2.22. The fraction of sp³-hybridized carbons (Fsp3) is 0.900. The van der Waals surface area contributed by atoms with Crippen LogP contribution in [0.5, 0.6) is 0 Å². The molecule has 8 heteroatoms. The Kier molecular flexibility index (Phi) is 4.94. The number of nitrogens with zero attached hydrogens (tertiary/aromatic N) is 1. The molecule has 18 heavy (non-hydrogen) atoms. The molecule has 0 aromatic rings. The van der Waals surface area contributed by atoms with Gasteiger partial charge in [-0.15, -0.1) is 0 Å². The fourth-order valence-electron chi connectivity index (χ4n) is 2.00. The Hall–Kier alpha value is -0.860. The van der Waals surface area contributed by atoms with Crippen LogP contribution in [0.4, 0.5) is 4.79 Å². The van der Waals surface area contributed by atoms with Gasteiger partial charge in [0.05, 0.1) is 30.3 Å². The van der Waals surface area contributed by atoms with Gasteiger partial charge in [-0.2, -0.15) is 0 Å². The van der Waals surface area contributed by atoms with Gasteiger partial charge in [0.1, 0.15) is 0 Å². The number of rotatable bonds is 5. The van der Waals surface area contributed by atoms with E-state index in [0.717, 1.165) is 0 Å². The zero-order valence-corrected chi connectivity index (χ0v) is 11.2. The van der Waals surface area contributed by atoms with Crippen molar-refractivity contribution in [3.05, 3.63) is 0 Å². The Morgan fingerprint density at radius 1 is 1.33 bits per heavy atom. The lowest BCUT2D eigenvalue weighted by Crippen LogP contribution is -2.53. The van der Waals surface area contributed by atoms with Gasteiger partial charge >= 0.3 is 6.03 Å². The smallest absolute Gasteiger partial charge is 0.318 e. The molecular formula is C10H20N2O5S. The molecule has 0 aromatic carbocycles. The number of carbonyl (C=O) groups is 1. The summed E-state index contributed by atoms with van der Waals surface area (Å²) in [7, 11) is -3.08. The van der Waals surface area contributed by atoms with E-state index in [1.54, 1.807) is 6.92 Å². The predicted molar refractivity (Wildman–Crippen MR) is 66.0 cm³/mol. The van der Waals surface area contributed by atoms with Crippen LogP contribution >= 0.6 is 0 Å². The lowest BCUT2D eigenvalue weighted by atomic mass is 10.0. The summed E-state index contributed by atoms with van der Waals surface area (Å²) in [5.41, 5.74) is -0.765. The van der Waals surface area contributed by atoms with Gasteiger partial charge in [-0.3, -0.25) is 0 Å². The Balaban J connectivity index is 2.63. The van der Waals surface area contributed by atoms with Gasteiger partial charge in [0, 0.05) is 13.1 Å². The first kappa shape index (κ1) is 15.2. The molecule has 2 amide bonds. The van der Waals surface area contributed by atoms with Gasteiger partial charge in [-0.25, -0.2) is 13.2 Å². The molecular weight excluding hydrogens is 260 g/mol. The summed E-state index contributed by atoms with van der Waals surface area (Å²) in [6.07, 6.45) is 0.382. The molecule has 0 unspecified atom stereocenters. The number of hydrogen-bond acceptors (Lipinski definition) is 5. The highest BCUT2D eigenvalue weighted by molar-refractivity contribution is 7.91. The van der Waals surface area contributed by atoms with E-state index in [9.17, 15) is 13.2 Å². The van der Waals surface area contributed by atoms with Gasteiger partial charge in [0.2, 0.25) is 0 Å². The quantitative estimate of drug-likeness (QED) is 0.572. The van der Waals surface area contributed by atoms with Crippen molar-refractivity contribution in [1.82, 2.24) is 10.2 Å². The van der Waals surface area contributed by atoms with Gasteiger partial charge in [0.15, 0.2) is 9.84 Å². The minimum absolute atomic E-state index is 0.0716. The van der Waals surface area contributed by atoms with Crippen molar-refractivity contribution < 1.29 is 23.4 Å². The second kappa shape index (κ2) is 5.85. The predicted octanol–water partition coefficient (Wildman–Crippen LogP) is -1.44. The van der Waals surface area contributed by atoms with E-state index in [4.69, 9.17) is 10.2 Å². The van der Waals surface area contributed by atoms with Gasteiger partial charge < -0.3 is 20.4 Å². The first-order valence-electron chi connectivity index (χ1n) is 5.81. The number of aliphatic hydroxyl groups is 2. The molecule has 1 saturated heterocycles. The molecule has 0 saturated carbocycles. The van der Waals surface area contributed by atoms with E-state index in [2.05, 4.69) is 5.32 Å². The Morgan fingerprint density at radius 3 is 2.28 bits per heavy atom. The third kappa shape index (κ3) is 4.11. The topological polar surface area (TPSA) is 107 Å². The maximum absolute atomic E-state index is 11.9. The Labute approximate surface area is 107 Å². The number of sulfone groups is 1. The minimum atomic E-state index is -3.08. The average Bonchev–Trinajstić information content (AvgIpc) is 2.52. The lowest BCUT2D eigenvalue weighted by molar-refractivity contribution is 0.151. The molecule has 0 spiro atoms. The van der Waals surface area contributed by atoms with Gasteiger partial charge in [-0.05, 0) is 13.3 Å². The maximum atomic E-state index is 11.9. The first-order valence-corrected chi connectivity index (χ1v) is 7.63. The molecule has 0 aliphatic carbocycles. The zero-order valence-electron chi connectivity index (χ0n) is 10.4. The highest BCUT2D eigenvalue weighted by Gasteiger charge is 2.40. The molecule has 1 heterocycles. The van der Waals surface area contributed by atoms with Crippen molar-refractivity contribution in [3.8, 4) is 0 Å². The lowest BCUT2D eigenvalue weighted by Gasteiger charge is -2.29. The molecule has 1 rings (SSSR count). The van der Waals surface area contributed by atoms with Crippen LogP contribution in [0.25, 0.3) is 0 Å². The van der Waals surface area contributed by atoms with Crippen molar-refractivity contribution in [2.45, 2.75) is 18.9 Å². The zero-order chi connectivity index (χ0) is 13.8. The van der Waals surface area contributed by atoms with Crippen LogP contribution in [-0.4, -0.2) is 72.9 Å². The number of hydrogen-bond donors (Lipinski definition) is 3. The van der Waals surface area contributed by atoms with E-state index in [1.807, 2.05) is 0 Å². The van der Waals surface area contributed by atoms with Crippen molar-refractivity contribution in [2.75, 3.05) is 37.8 Å². The fourth-order valence-corrected chi connectivity index (χ4v) is 4.10. The van der Waals surface area contributed by atoms with Crippen LogP contribution < -0.4 is 5.32 Å². The summed E-state index contributed by atoms with van der Waals surface area (Å²) >= 11 is 0. The monoisotopic (exact) mass is 280 g/mol. The van der Waals surface area contributed by atoms with Gasteiger partial charge in [-0.1, -0.05) is 0 Å². The molecule has 0 bridgehead atoms. The Bertz CT molecular complexity index is 391. The van der Waals surface area contributed by atoms with Gasteiger partial charge in [0.25, 0.3) is 0 Å². The third-order valence-electron chi connectivity index (χ3n) is 2.94. The number of urea groups is 1. The minimum Gasteiger partial charge on any atom is -0.395 e. The number of aliphatic hydroxyl groups excluding tert-OH is 2. The average molecular weight is 280 g/mol. The Morgan fingerprint density at radius 2 is 1.89 bits per heavy atom. The second-order valence-corrected chi connectivity index (χ2v) is 6.95. The summed E-state index contributed by atoms with van der Waals surface area (Å²) in [6, 6.07) is -0.460. The second-order valence-electron chi connectivity index (χ2n) is 4.77. The van der Waals surface area contributed by atoms with Crippen LogP contribution in [-0.2, 0) is 9.84 Å². The van der Waals surface area contributed by atoms with Crippen LogP contribution in [0.3, 0.4) is 0 Å². The van der Waals surface area contributed by atoms with Crippen LogP contribution in [0.1, 0.15) is 13.3 Å². The number of carbonyl (C=O) groups excluding carboxylic acids is 1. The molecule has 106 valence electrons. The summed E-state index contributed by atoms with van der Waals surface area (Å²) in [6.45, 7) is 1.49. The molecule has 1 atom stereocenters. The molecule has 1 aliphatic heterocycles. The molecule has 7 nitrogen and oxygen atoms in total. The maximum Gasteiger partial charge on any atom is 0.318 e. The van der Waals surface area contributed by atoms with E-state index in [1.165, 1.54) is 4.90 Å². The van der Waals surface area contributed by atoms with Crippen molar-refractivity contribution >= 4 is 15.9 Å². The summed E-state index contributed by atoms with van der Waals surface area (Å²) < 4.78 is 22.8. The third-order valence-corrected chi connectivity index (χ3v) is 4.84. The van der Waals surface area contributed by atoms with E-state index in [0.29, 0.717) is 6.42 Å². The van der Waals surface area contributed by atoms with Crippen molar-refractivity contribution in [2.24, 2.45) is 0 Å². The largest absolute Gasteiger partial charge is 0.395 e. The summed E-state index contributed by atoms with van der Waals surface area (Å²) in [4.78, 5) is 13.2. The van der Waals surface area contributed by atoms with Crippen LogP contribution in [0.2, 0.25) is 0 Å². The standard InChI is InChI=1S/C10H20N2O5S/c1-10(2-7-18(16,17)8-10)11-9(15)12(3-5-13)4-6-14/h13-14H,2-8H2,1H3,(H,11,15)/t10-/m1/s1.